The number of carbonyl (C=O) groups excluding carboxylic acids is 2. The lowest BCUT2D eigenvalue weighted by atomic mass is 9.95. The van der Waals surface area contributed by atoms with Crippen LogP contribution in [0.3, 0.4) is 0 Å². The molecule has 1 aliphatic heterocycles. The fraction of sp³-hybridized carbons (Fsp3) is 0.125. The summed E-state index contributed by atoms with van der Waals surface area (Å²) in [5.41, 5.74) is 3.36. The second-order valence-corrected chi connectivity index (χ2v) is 8.64. The van der Waals surface area contributed by atoms with E-state index in [2.05, 4.69) is 20.9 Å². The number of rotatable bonds is 3. The molecule has 1 aliphatic rings. The Bertz CT molecular complexity index is 1240. The molecule has 1 saturated heterocycles. The van der Waals surface area contributed by atoms with Crippen LogP contribution in [0.5, 0.6) is 0 Å². The number of halogens is 2. The van der Waals surface area contributed by atoms with Crippen molar-refractivity contribution < 1.29 is 14.7 Å². The molecule has 5 nitrogen and oxygen atoms in total. The van der Waals surface area contributed by atoms with Gasteiger partial charge in [-0.1, -0.05) is 33.6 Å². The zero-order chi connectivity index (χ0) is 22.3. The number of aryl methyl sites for hydroxylation is 2. The number of aliphatic hydroxyl groups excluding tert-OH is 1. The van der Waals surface area contributed by atoms with Gasteiger partial charge in [0.2, 0.25) is 0 Å². The highest BCUT2D eigenvalue weighted by Gasteiger charge is 2.47. The number of anilines is 1. The number of hydrogen-bond donors (Lipinski definition) is 1. The van der Waals surface area contributed by atoms with E-state index in [1.54, 1.807) is 60.9 Å². The van der Waals surface area contributed by atoms with E-state index < -0.39 is 17.7 Å². The number of hydrogen-bond acceptors (Lipinski definition) is 4. The van der Waals surface area contributed by atoms with Crippen LogP contribution in [-0.2, 0) is 9.59 Å². The summed E-state index contributed by atoms with van der Waals surface area (Å²) < 4.78 is 0.881. The van der Waals surface area contributed by atoms with E-state index in [0.29, 0.717) is 21.8 Å². The van der Waals surface area contributed by atoms with Crippen LogP contribution in [0.25, 0.3) is 5.76 Å². The minimum atomic E-state index is -0.799. The van der Waals surface area contributed by atoms with E-state index in [1.165, 1.54) is 4.90 Å². The molecule has 1 unspecified atom stereocenters. The molecule has 1 atom stereocenters. The number of nitrogens with zero attached hydrogens (tertiary/aromatic N) is 2. The fourth-order valence-corrected chi connectivity index (χ4v) is 4.25. The molecule has 0 spiro atoms. The Morgan fingerprint density at radius 3 is 2.39 bits per heavy atom. The Morgan fingerprint density at radius 2 is 1.74 bits per heavy atom. The monoisotopic (exact) mass is 496 g/mol. The van der Waals surface area contributed by atoms with E-state index in [-0.39, 0.29) is 11.3 Å². The topological polar surface area (TPSA) is 70.5 Å². The summed E-state index contributed by atoms with van der Waals surface area (Å²) in [6.45, 7) is 3.71. The highest BCUT2D eigenvalue weighted by Crippen LogP contribution is 2.43. The van der Waals surface area contributed by atoms with Crippen molar-refractivity contribution in [2.24, 2.45) is 0 Å². The summed E-state index contributed by atoms with van der Waals surface area (Å²) in [6.07, 6.45) is 3.18. The van der Waals surface area contributed by atoms with Gasteiger partial charge in [-0.25, -0.2) is 0 Å². The minimum Gasteiger partial charge on any atom is -0.507 e. The van der Waals surface area contributed by atoms with Crippen LogP contribution in [0.1, 0.15) is 28.3 Å². The maximum atomic E-state index is 13.2. The zero-order valence-electron chi connectivity index (χ0n) is 16.8. The van der Waals surface area contributed by atoms with Crippen molar-refractivity contribution in [2.45, 2.75) is 19.9 Å². The van der Waals surface area contributed by atoms with Gasteiger partial charge in [0, 0.05) is 33.1 Å². The molecule has 1 fully saturated rings. The molecule has 3 aromatic rings. The predicted octanol–water partition coefficient (Wildman–Crippen LogP) is 5.74. The molecule has 31 heavy (non-hydrogen) atoms. The maximum Gasteiger partial charge on any atom is 0.300 e. The van der Waals surface area contributed by atoms with E-state index in [9.17, 15) is 14.7 Å². The standard InChI is InChI=1S/C24H18BrClN2O3/c1-13-11-16(3-5-18(13)25)22(29)20-21(15-7-9-27-10-8-15)28(24(31)23(20)30)19-6-4-17(26)12-14(19)2/h3-12,21,29H,1-2H3/b22-20+. The molecule has 1 aromatic heterocycles. The molecule has 156 valence electrons. The Hall–Kier alpha value is -2.96. The van der Waals surface area contributed by atoms with Gasteiger partial charge in [0.25, 0.3) is 11.7 Å². The second-order valence-electron chi connectivity index (χ2n) is 7.34. The van der Waals surface area contributed by atoms with Crippen molar-refractivity contribution in [3.63, 3.8) is 0 Å². The molecule has 2 heterocycles. The van der Waals surface area contributed by atoms with Crippen LogP contribution < -0.4 is 4.90 Å². The number of benzene rings is 2. The fourth-order valence-electron chi connectivity index (χ4n) is 3.78. The van der Waals surface area contributed by atoms with Gasteiger partial charge in [-0.2, -0.15) is 0 Å². The number of Topliss-reactive ketones (excluding diaryl/α,β-unsaturated/α-hetero) is 1. The van der Waals surface area contributed by atoms with Crippen molar-refractivity contribution in [1.82, 2.24) is 4.98 Å². The molecule has 4 rings (SSSR count). The first kappa shape index (κ1) is 21.3. The largest absolute Gasteiger partial charge is 0.507 e. The number of aromatic nitrogens is 1. The highest BCUT2D eigenvalue weighted by atomic mass is 79.9. The van der Waals surface area contributed by atoms with Gasteiger partial charge in [0.1, 0.15) is 5.76 Å². The third kappa shape index (κ3) is 3.77. The second kappa shape index (κ2) is 8.29. The van der Waals surface area contributed by atoms with Gasteiger partial charge in [-0.3, -0.25) is 19.5 Å². The maximum absolute atomic E-state index is 13.2. The number of amides is 1. The average Bonchev–Trinajstić information content (AvgIpc) is 3.01. The predicted molar refractivity (Wildman–Crippen MR) is 124 cm³/mol. The third-order valence-corrected chi connectivity index (χ3v) is 6.44. The summed E-state index contributed by atoms with van der Waals surface area (Å²) in [4.78, 5) is 31.8. The Morgan fingerprint density at radius 1 is 1.03 bits per heavy atom. The Kier molecular flexibility index (Phi) is 5.69. The lowest BCUT2D eigenvalue weighted by Gasteiger charge is -2.26. The third-order valence-electron chi connectivity index (χ3n) is 5.32. The average molecular weight is 498 g/mol. The van der Waals surface area contributed by atoms with Gasteiger partial charge < -0.3 is 5.11 Å². The first-order valence-electron chi connectivity index (χ1n) is 9.53. The zero-order valence-corrected chi connectivity index (χ0v) is 19.1. The van der Waals surface area contributed by atoms with Crippen LogP contribution in [0, 0.1) is 13.8 Å². The van der Waals surface area contributed by atoms with E-state index in [1.807, 2.05) is 13.8 Å². The van der Waals surface area contributed by atoms with Crippen molar-refractivity contribution in [1.29, 1.82) is 0 Å². The molecule has 0 radical (unpaired) electrons. The van der Waals surface area contributed by atoms with Gasteiger partial charge >= 0.3 is 0 Å². The SMILES string of the molecule is Cc1cc(/C(O)=C2\C(=O)C(=O)N(c3ccc(Cl)cc3C)C2c2ccncc2)ccc1Br. The molecular weight excluding hydrogens is 480 g/mol. The summed E-state index contributed by atoms with van der Waals surface area (Å²) in [5, 5.41) is 11.7. The molecule has 2 aromatic carbocycles. The lowest BCUT2D eigenvalue weighted by molar-refractivity contribution is -0.132. The molecule has 0 bridgehead atoms. The van der Waals surface area contributed by atoms with Crippen LogP contribution in [0.2, 0.25) is 5.02 Å². The lowest BCUT2D eigenvalue weighted by Crippen LogP contribution is -2.30. The van der Waals surface area contributed by atoms with Gasteiger partial charge in [0.05, 0.1) is 11.6 Å². The summed E-state index contributed by atoms with van der Waals surface area (Å²) in [6, 6.07) is 13.0. The normalized spacial score (nSPS) is 17.9. The number of ketones is 1. The Labute approximate surface area is 193 Å². The van der Waals surface area contributed by atoms with Crippen molar-refractivity contribution in [3.05, 3.63) is 98.2 Å². The van der Waals surface area contributed by atoms with Crippen molar-refractivity contribution in [3.8, 4) is 0 Å². The first-order chi connectivity index (χ1) is 14.8. The first-order valence-corrected chi connectivity index (χ1v) is 10.7. The summed E-state index contributed by atoms with van der Waals surface area (Å²) >= 11 is 9.54. The van der Waals surface area contributed by atoms with Gasteiger partial charge in [-0.05, 0) is 73.0 Å². The van der Waals surface area contributed by atoms with E-state index in [0.717, 1.165) is 15.6 Å². The quantitative estimate of drug-likeness (QED) is 0.284. The summed E-state index contributed by atoms with van der Waals surface area (Å²) in [7, 11) is 0. The summed E-state index contributed by atoms with van der Waals surface area (Å²) in [5.74, 6) is -1.67. The molecular formula is C24H18BrClN2O3. The van der Waals surface area contributed by atoms with Crippen LogP contribution in [0.4, 0.5) is 5.69 Å². The van der Waals surface area contributed by atoms with Crippen LogP contribution >= 0.6 is 27.5 Å². The smallest absolute Gasteiger partial charge is 0.300 e. The van der Waals surface area contributed by atoms with Crippen LogP contribution in [-0.4, -0.2) is 21.8 Å². The highest BCUT2D eigenvalue weighted by molar-refractivity contribution is 9.10. The van der Waals surface area contributed by atoms with Gasteiger partial charge in [0.15, 0.2) is 0 Å². The van der Waals surface area contributed by atoms with Gasteiger partial charge in [-0.15, -0.1) is 0 Å². The molecule has 1 N–H and O–H groups in total. The molecule has 7 heteroatoms. The molecule has 0 saturated carbocycles. The van der Waals surface area contributed by atoms with E-state index in [4.69, 9.17) is 11.6 Å². The molecule has 1 amide bonds. The number of carbonyl (C=O) groups is 2. The Balaban J connectivity index is 1.97. The minimum absolute atomic E-state index is 0.0345. The van der Waals surface area contributed by atoms with Crippen LogP contribution in [0.15, 0.2) is 71.0 Å². The number of aliphatic hydroxyl groups is 1. The number of pyridine rings is 1. The van der Waals surface area contributed by atoms with E-state index >= 15 is 0 Å². The van der Waals surface area contributed by atoms with Crippen molar-refractivity contribution >= 4 is 50.7 Å². The van der Waals surface area contributed by atoms with Crippen molar-refractivity contribution in [2.75, 3.05) is 4.90 Å². The molecule has 0 aliphatic carbocycles.